The quantitative estimate of drug-likeness (QED) is 0.397. The molecule has 0 saturated carbocycles. The molecule has 0 saturated heterocycles. The van der Waals surface area contributed by atoms with E-state index < -0.39 is 0 Å². The molecule has 0 unspecified atom stereocenters. The van der Waals surface area contributed by atoms with Gasteiger partial charge in [0.25, 0.3) is 5.56 Å². The van der Waals surface area contributed by atoms with Crippen molar-refractivity contribution in [1.82, 2.24) is 24.6 Å². The van der Waals surface area contributed by atoms with E-state index in [9.17, 15) is 4.79 Å². The third-order valence-electron chi connectivity index (χ3n) is 4.21. The lowest BCUT2D eigenvalue weighted by molar-refractivity contribution is 0.870. The van der Waals surface area contributed by atoms with Crippen LogP contribution in [-0.2, 0) is 18.6 Å². The predicted octanol–water partition coefficient (Wildman–Crippen LogP) is 3.25. The van der Waals surface area contributed by atoms with E-state index >= 15 is 0 Å². The van der Waals surface area contributed by atoms with Gasteiger partial charge in [0.2, 0.25) is 4.96 Å². The molecule has 1 aliphatic rings. The molecule has 4 heterocycles. The first-order valence-corrected chi connectivity index (χ1v) is 10.6. The monoisotopic (exact) mass is 387 g/mol. The van der Waals surface area contributed by atoms with Gasteiger partial charge in [0.1, 0.15) is 21.2 Å². The van der Waals surface area contributed by atoms with Crippen LogP contribution in [0.5, 0.6) is 0 Å². The molecule has 0 N–H and O–H groups in total. The first-order chi connectivity index (χ1) is 12.2. The SMILES string of the molecule is Cc1cc(=O)n2nc(CSc3ncnc4sc5c(c34)CCC5)sc2n1. The minimum atomic E-state index is -0.130. The minimum absolute atomic E-state index is 0.130. The van der Waals surface area contributed by atoms with E-state index in [4.69, 9.17) is 0 Å². The summed E-state index contributed by atoms with van der Waals surface area (Å²) in [6.45, 7) is 1.82. The maximum atomic E-state index is 12.0. The first kappa shape index (κ1) is 15.4. The van der Waals surface area contributed by atoms with Crippen LogP contribution in [0.4, 0.5) is 0 Å². The summed E-state index contributed by atoms with van der Waals surface area (Å²) in [5, 5.41) is 7.51. The average Bonchev–Trinajstić information content (AvgIpc) is 3.25. The molecule has 4 aromatic heterocycles. The summed E-state index contributed by atoms with van der Waals surface area (Å²) >= 11 is 4.91. The van der Waals surface area contributed by atoms with Gasteiger partial charge in [-0.2, -0.15) is 9.61 Å². The van der Waals surface area contributed by atoms with Crippen LogP contribution in [0.2, 0.25) is 0 Å². The van der Waals surface area contributed by atoms with Crippen LogP contribution in [-0.4, -0.2) is 24.6 Å². The molecule has 1 aliphatic carbocycles. The van der Waals surface area contributed by atoms with E-state index in [0.29, 0.717) is 10.7 Å². The van der Waals surface area contributed by atoms with Crippen molar-refractivity contribution in [3.8, 4) is 0 Å². The van der Waals surface area contributed by atoms with Gasteiger partial charge in [-0.3, -0.25) is 4.79 Å². The highest BCUT2D eigenvalue weighted by Gasteiger charge is 2.21. The number of thioether (sulfide) groups is 1. The summed E-state index contributed by atoms with van der Waals surface area (Å²) in [4.78, 5) is 28.5. The zero-order chi connectivity index (χ0) is 17.0. The van der Waals surface area contributed by atoms with E-state index in [0.717, 1.165) is 33.4 Å². The molecule has 6 nitrogen and oxygen atoms in total. The lowest BCUT2D eigenvalue weighted by Crippen LogP contribution is -2.14. The zero-order valence-electron chi connectivity index (χ0n) is 13.4. The Morgan fingerprint density at radius 2 is 2.20 bits per heavy atom. The molecule has 9 heteroatoms. The van der Waals surface area contributed by atoms with Crippen molar-refractivity contribution in [2.75, 3.05) is 0 Å². The Morgan fingerprint density at radius 1 is 1.28 bits per heavy atom. The summed E-state index contributed by atoms with van der Waals surface area (Å²) in [6.07, 6.45) is 5.15. The van der Waals surface area contributed by atoms with Crippen molar-refractivity contribution in [3.05, 3.63) is 43.9 Å². The van der Waals surface area contributed by atoms with Crippen molar-refractivity contribution < 1.29 is 0 Å². The Hall–Kier alpha value is -1.84. The van der Waals surface area contributed by atoms with Gasteiger partial charge in [-0.05, 0) is 31.7 Å². The molecule has 5 rings (SSSR count). The second kappa shape index (κ2) is 5.86. The van der Waals surface area contributed by atoms with E-state index in [-0.39, 0.29) is 5.56 Å². The van der Waals surface area contributed by atoms with Gasteiger partial charge in [-0.25, -0.2) is 15.0 Å². The number of thiophene rings is 1. The van der Waals surface area contributed by atoms with Gasteiger partial charge in [0, 0.05) is 22.0 Å². The predicted molar refractivity (Wildman–Crippen MR) is 101 cm³/mol. The topological polar surface area (TPSA) is 73.0 Å². The van der Waals surface area contributed by atoms with E-state index in [1.54, 1.807) is 29.4 Å². The fourth-order valence-corrected chi connectivity index (χ4v) is 6.41. The summed E-state index contributed by atoms with van der Waals surface area (Å²) in [5.74, 6) is 0.670. The summed E-state index contributed by atoms with van der Waals surface area (Å²) in [6, 6.07) is 1.51. The molecule has 0 fully saturated rings. The smallest absolute Gasteiger partial charge is 0.267 e. The van der Waals surface area contributed by atoms with E-state index in [2.05, 4.69) is 20.1 Å². The second-order valence-corrected chi connectivity index (χ2v) is 9.02. The van der Waals surface area contributed by atoms with Crippen LogP contribution >= 0.6 is 34.4 Å². The van der Waals surface area contributed by atoms with Crippen LogP contribution in [0.25, 0.3) is 15.2 Å². The lowest BCUT2D eigenvalue weighted by Gasteiger charge is -2.01. The molecule has 4 aromatic rings. The Balaban J connectivity index is 1.50. The van der Waals surface area contributed by atoms with Crippen molar-refractivity contribution in [3.63, 3.8) is 0 Å². The maximum Gasteiger partial charge on any atom is 0.275 e. The van der Waals surface area contributed by atoms with Crippen molar-refractivity contribution in [2.24, 2.45) is 0 Å². The highest BCUT2D eigenvalue weighted by Crippen LogP contribution is 2.40. The first-order valence-electron chi connectivity index (χ1n) is 7.93. The largest absolute Gasteiger partial charge is 0.275 e. The lowest BCUT2D eigenvalue weighted by atomic mass is 10.2. The Bertz CT molecular complexity index is 1180. The average molecular weight is 388 g/mol. The Labute approximate surface area is 155 Å². The summed E-state index contributed by atoms with van der Waals surface area (Å²) < 4.78 is 1.38. The van der Waals surface area contributed by atoms with Crippen molar-refractivity contribution >= 4 is 49.6 Å². The number of hydrogen-bond donors (Lipinski definition) is 0. The molecule has 25 heavy (non-hydrogen) atoms. The molecule has 0 amide bonds. The number of aryl methyl sites for hydroxylation is 3. The van der Waals surface area contributed by atoms with Crippen molar-refractivity contribution in [2.45, 2.75) is 37.0 Å². The minimum Gasteiger partial charge on any atom is -0.267 e. The molecule has 0 radical (unpaired) electrons. The Morgan fingerprint density at radius 3 is 3.12 bits per heavy atom. The molecule has 0 aliphatic heterocycles. The van der Waals surface area contributed by atoms with Gasteiger partial charge < -0.3 is 0 Å². The van der Waals surface area contributed by atoms with E-state index in [1.165, 1.54) is 44.2 Å². The summed E-state index contributed by atoms with van der Waals surface area (Å²) in [7, 11) is 0. The highest BCUT2D eigenvalue weighted by atomic mass is 32.2. The molecule has 0 bridgehead atoms. The zero-order valence-corrected chi connectivity index (χ0v) is 15.8. The van der Waals surface area contributed by atoms with Gasteiger partial charge >= 0.3 is 0 Å². The van der Waals surface area contributed by atoms with Crippen LogP contribution in [0, 0.1) is 6.92 Å². The maximum absolute atomic E-state index is 12.0. The van der Waals surface area contributed by atoms with Gasteiger partial charge in [0.05, 0.1) is 5.75 Å². The normalized spacial score (nSPS) is 13.8. The second-order valence-electron chi connectivity index (χ2n) is 5.93. The third-order valence-corrected chi connectivity index (χ3v) is 7.51. The molecular weight excluding hydrogens is 374 g/mol. The number of rotatable bonds is 3. The standard InChI is InChI=1S/C16H13N5OS3/c1-8-5-12(22)21-16(19-8)25-11(20-21)6-23-14-13-9-3-2-4-10(9)24-15(13)18-7-17-14/h5,7H,2-4,6H2,1H3. The number of aromatic nitrogens is 5. The summed E-state index contributed by atoms with van der Waals surface area (Å²) in [5.41, 5.74) is 2.02. The third kappa shape index (κ3) is 2.57. The molecular formula is C16H13N5OS3. The number of hydrogen-bond acceptors (Lipinski definition) is 8. The highest BCUT2D eigenvalue weighted by molar-refractivity contribution is 7.98. The number of fused-ring (bicyclic) bond motifs is 4. The molecule has 0 atom stereocenters. The van der Waals surface area contributed by atoms with Crippen LogP contribution in [0.3, 0.4) is 0 Å². The van der Waals surface area contributed by atoms with Crippen molar-refractivity contribution in [1.29, 1.82) is 0 Å². The van der Waals surface area contributed by atoms with Gasteiger partial charge in [-0.1, -0.05) is 23.1 Å². The number of nitrogens with zero attached hydrogens (tertiary/aromatic N) is 5. The van der Waals surface area contributed by atoms with Gasteiger partial charge in [0.15, 0.2) is 0 Å². The molecule has 126 valence electrons. The van der Waals surface area contributed by atoms with Crippen LogP contribution in [0.1, 0.15) is 27.6 Å². The molecule has 0 aromatic carbocycles. The fraction of sp³-hybridized carbons (Fsp3) is 0.312. The van der Waals surface area contributed by atoms with Gasteiger partial charge in [-0.15, -0.1) is 11.3 Å². The van der Waals surface area contributed by atoms with E-state index in [1.807, 2.05) is 6.92 Å². The Kier molecular flexibility index (Phi) is 3.61. The molecule has 0 spiro atoms. The fourth-order valence-electron chi connectivity index (χ4n) is 3.16. The van der Waals surface area contributed by atoms with Crippen LogP contribution < -0.4 is 5.56 Å². The van der Waals surface area contributed by atoms with Crippen LogP contribution in [0.15, 0.2) is 22.2 Å².